The van der Waals surface area contributed by atoms with Crippen LogP contribution >= 0.6 is 0 Å². The van der Waals surface area contributed by atoms with E-state index in [0.29, 0.717) is 51.2 Å². The molecule has 9 aromatic rings. The molecule has 9 aromatic carbocycles. The molecule has 20 nitrogen and oxygen atoms in total. The van der Waals surface area contributed by atoms with Gasteiger partial charge in [0.05, 0.1) is 44.7 Å². The minimum Gasteiger partial charge on any atom is -0.399 e. The fraction of sp³-hybridized carbons (Fsp3) is 0.100. The number of aryl methyl sites for hydroxylation is 5. The first-order chi connectivity index (χ1) is 38.0. The predicted octanol–water partition coefficient (Wildman–Crippen LogP) is 9.24. The molecule has 9 rings (SSSR count). The van der Waals surface area contributed by atoms with E-state index in [1.54, 1.807) is 66.7 Å². The number of nitrogens with two attached hydrogens (primary N) is 17. The summed E-state index contributed by atoms with van der Waals surface area (Å²) in [5, 5.41) is 3.00. The zero-order valence-electron chi connectivity index (χ0n) is 46.9. The van der Waals surface area contributed by atoms with Crippen LogP contribution in [0.3, 0.4) is 0 Å². The van der Waals surface area contributed by atoms with Crippen molar-refractivity contribution in [3.05, 3.63) is 210 Å². The second kappa shape index (κ2) is 35.7. The molecule has 21 heteroatoms. The molecule has 0 spiro atoms. The molecule has 1 unspecified atom stereocenters. The quantitative estimate of drug-likeness (QED) is 0.0566. The summed E-state index contributed by atoms with van der Waals surface area (Å²) in [6.45, 7) is 9.75. The highest BCUT2D eigenvalue weighted by Crippen LogP contribution is 2.21. The van der Waals surface area contributed by atoms with Crippen molar-refractivity contribution >= 4 is 113 Å². The van der Waals surface area contributed by atoms with Gasteiger partial charge in [0.25, 0.3) is 0 Å². The number of nitrogen functional groups attached to an aromatic ring is 17. The van der Waals surface area contributed by atoms with Crippen molar-refractivity contribution in [2.75, 3.05) is 110 Å². The average Bonchev–Trinajstić information content (AvgIpc) is 3.41. The summed E-state index contributed by atoms with van der Waals surface area (Å²) in [7, 11) is 1.88. The number of para-hydroxylation sites is 3. The zero-order chi connectivity index (χ0) is 61.4. The second-order valence-electron chi connectivity index (χ2n) is 17.8. The Kier molecular flexibility index (Phi) is 30.2. The molecule has 81 heavy (non-hydrogen) atoms. The van der Waals surface area contributed by atoms with Crippen LogP contribution in [-0.2, 0) is 11.1 Å². The first-order valence-corrected chi connectivity index (χ1v) is 25.7. The maximum atomic E-state index is 10.5. The Bertz CT molecular complexity index is 3150. The molecule has 0 radical (unpaired) electrons. The van der Waals surface area contributed by atoms with E-state index in [1.165, 1.54) is 18.2 Å². The molecule has 0 heterocycles. The summed E-state index contributed by atoms with van der Waals surface area (Å²) >= 11 is -2.03. The van der Waals surface area contributed by atoms with Gasteiger partial charge in [0.15, 0.2) is 11.1 Å². The Labute approximate surface area is 479 Å². The number of anilines is 18. The van der Waals surface area contributed by atoms with Gasteiger partial charge in [-0.25, -0.2) is 4.21 Å². The summed E-state index contributed by atoms with van der Waals surface area (Å²) in [6, 6.07) is 54.0. The molecular formula is C60H84N18O2S. The lowest BCUT2D eigenvalue weighted by molar-refractivity contribution is 0.565. The number of hydrogen-bond donors (Lipinski definition) is 19. The molecule has 0 bridgehead atoms. The molecule has 0 amide bonds. The number of benzene rings is 9. The van der Waals surface area contributed by atoms with Crippen LogP contribution in [0.5, 0.6) is 0 Å². The smallest absolute Gasteiger partial charge is 0.188 e. The topological polar surface area (TPSA) is 492 Å². The molecule has 0 fully saturated rings. The van der Waals surface area contributed by atoms with E-state index >= 15 is 0 Å². The normalized spacial score (nSPS) is 9.77. The maximum absolute atomic E-state index is 10.5. The van der Waals surface area contributed by atoms with Crippen LogP contribution in [-0.4, -0.2) is 15.8 Å². The molecule has 0 aliphatic rings. The van der Waals surface area contributed by atoms with Crippen LogP contribution in [0, 0.1) is 34.6 Å². The van der Waals surface area contributed by atoms with Gasteiger partial charge in [-0.2, -0.15) is 0 Å². The lowest BCUT2D eigenvalue weighted by Crippen LogP contribution is -1.97. The predicted molar refractivity (Wildman–Crippen MR) is 355 cm³/mol. The zero-order valence-corrected chi connectivity index (χ0v) is 47.7. The van der Waals surface area contributed by atoms with E-state index in [9.17, 15) is 4.21 Å². The van der Waals surface area contributed by atoms with Crippen molar-refractivity contribution < 1.29 is 8.76 Å². The van der Waals surface area contributed by atoms with Crippen LogP contribution in [0.4, 0.5) is 102 Å². The van der Waals surface area contributed by atoms with Crippen LogP contribution in [0.25, 0.3) is 0 Å². The first-order valence-electron chi connectivity index (χ1n) is 24.6. The fourth-order valence-electron chi connectivity index (χ4n) is 5.90. The fourth-order valence-corrected chi connectivity index (χ4v) is 6.34. The molecule has 0 saturated heterocycles. The van der Waals surface area contributed by atoms with E-state index in [-0.39, 0.29) is 10.6 Å². The van der Waals surface area contributed by atoms with E-state index in [2.05, 4.69) is 5.32 Å². The minimum absolute atomic E-state index is 0.194. The van der Waals surface area contributed by atoms with Crippen molar-refractivity contribution in [3.63, 3.8) is 0 Å². The van der Waals surface area contributed by atoms with Gasteiger partial charge in [-0.15, -0.1) is 0 Å². The Morgan fingerprint density at radius 3 is 1.05 bits per heavy atom. The van der Waals surface area contributed by atoms with Crippen LogP contribution < -0.4 is 103 Å². The number of rotatable bonds is 2. The summed E-state index contributed by atoms with van der Waals surface area (Å²) in [5.41, 5.74) is 111. The summed E-state index contributed by atoms with van der Waals surface area (Å²) in [6.07, 6.45) is 0. The molecule has 36 N–H and O–H groups in total. The Balaban J connectivity index is 0.000000456. The monoisotopic (exact) mass is 1120 g/mol. The molecular weight excluding hydrogens is 1040 g/mol. The van der Waals surface area contributed by atoms with Gasteiger partial charge in [0, 0.05) is 69.6 Å². The van der Waals surface area contributed by atoms with Gasteiger partial charge < -0.3 is 107 Å². The van der Waals surface area contributed by atoms with E-state index in [0.717, 1.165) is 73.3 Å². The van der Waals surface area contributed by atoms with Crippen molar-refractivity contribution in [3.8, 4) is 0 Å². The van der Waals surface area contributed by atoms with Gasteiger partial charge in [0.1, 0.15) is 0 Å². The van der Waals surface area contributed by atoms with E-state index in [4.69, 9.17) is 102 Å². The SMILES string of the molecule is CNc1ccc(N)cc1.Cc1cc(N)c(C)cc1N.Cc1cc(N)ccc1N.Cc1ccc(N)c(N)c1.Cc1cccc(N)c1N.Nc1ccc(N)cc1.Nc1ccc(S(=O)O)c(N)c1.Nc1cccc(N)c1.Nc1ccccc1N. The van der Waals surface area contributed by atoms with Crippen LogP contribution in [0.15, 0.2) is 187 Å². The molecule has 0 saturated carbocycles. The van der Waals surface area contributed by atoms with E-state index < -0.39 is 11.1 Å². The first kappa shape index (κ1) is 68.5. The lowest BCUT2D eigenvalue weighted by Gasteiger charge is -2.03. The number of nitrogens with one attached hydrogen (secondary N) is 1. The molecule has 432 valence electrons. The molecule has 0 aliphatic carbocycles. The molecule has 1 atom stereocenters. The minimum atomic E-state index is -2.03. The second-order valence-corrected chi connectivity index (χ2v) is 18.7. The Hall–Kier alpha value is -10.5. The van der Waals surface area contributed by atoms with Crippen molar-refractivity contribution in [1.82, 2.24) is 0 Å². The third-order valence-corrected chi connectivity index (χ3v) is 11.6. The van der Waals surface area contributed by atoms with Crippen LogP contribution in [0.2, 0.25) is 0 Å². The average molecular weight is 1120 g/mol. The third kappa shape index (κ3) is 28.4. The highest BCUT2D eigenvalue weighted by atomic mass is 32.2. The standard InChI is InChI=1S/C8H12N2.4C7H10N2.C6H8N2O2S.3C6H8N2/c1-5-3-8(10)6(2)4-7(5)9;1-9-7-4-2-6(8)3-5-7;1-5-4-6(8)2-3-7(5)9;1-5-2-3-6(8)7(9)4-5;1-5-3-2-4-6(8)7(5)9;7-4-1-2-6(11(9)10)5(8)3-4;7-5-1-2-6(8)4-3-5;7-5-2-1-3-6(8)4-5;7-5-3-1-2-4-6(5)8/h3-4H,9-10H2,1-2H3;2-5,9H,8H2,1H3;3*2-4H,8-9H2,1H3;1-3H,7-8H2,(H,9,10);3*1-4H,7-8H2. The summed E-state index contributed by atoms with van der Waals surface area (Å²) in [4.78, 5) is 0.194. The van der Waals surface area contributed by atoms with Gasteiger partial charge >= 0.3 is 0 Å². The van der Waals surface area contributed by atoms with Crippen molar-refractivity contribution in [1.29, 1.82) is 0 Å². The summed E-state index contributed by atoms with van der Waals surface area (Å²) < 4.78 is 19.2. The largest absolute Gasteiger partial charge is 0.399 e. The third-order valence-electron chi connectivity index (χ3n) is 10.8. The highest BCUT2D eigenvalue weighted by Gasteiger charge is 2.04. The van der Waals surface area contributed by atoms with Gasteiger partial charge in [-0.1, -0.05) is 36.4 Å². The molecule has 0 aliphatic heterocycles. The van der Waals surface area contributed by atoms with Gasteiger partial charge in [-0.05, 0) is 208 Å². The summed E-state index contributed by atoms with van der Waals surface area (Å²) in [5.74, 6) is 0. The van der Waals surface area contributed by atoms with Crippen LogP contribution in [0.1, 0.15) is 27.8 Å². The molecule has 0 aromatic heterocycles. The van der Waals surface area contributed by atoms with Gasteiger partial charge in [0.2, 0.25) is 0 Å². The Morgan fingerprint density at radius 1 is 0.309 bits per heavy atom. The van der Waals surface area contributed by atoms with E-state index in [1.807, 2.05) is 139 Å². The van der Waals surface area contributed by atoms with Crippen molar-refractivity contribution in [2.45, 2.75) is 39.5 Å². The highest BCUT2D eigenvalue weighted by molar-refractivity contribution is 7.79. The number of hydrogen-bond acceptors (Lipinski definition) is 19. The lowest BCUT2D eigenvalue weighted by atomic mass is 10.1. The Morgan fingerprint density at radius 2 is 0.691 bits per heavy atom. The van der Waals surface area contributed by atoms with Gasteiger partial charge in [-0.3, -0.25) is 0 Å². The van der Waals surface area contributed by atoms with Crippen molar-refractivity contribution in [2.24, 2.45) is 0 Å². The maximum Gasteiger partial charge on any atom is 0.188 e.